The molecular formula is C5H16BrN. The molecule has 0 aromatic heterocycles. The van der Waals surface area contributed by atoms with Gasteiger partial charge >= 0.3 is 0 Å². The van der Waals surface area contributed by atoms with Crippen molar-refractivity contribution in [2.24, 2.45) is 0 Å². The third-order valence-corrected chi connectivity index (χ3v) is 0.500. The average molecular weight is 170 g/mol. The molecule has 0 rings (SSSR count). The normalized spacial score (nSPS) is 5.14. The zero-order valence-corrected chi connectivity index (χ0v) is 7.09. The Balaban J connectivity index is -0.0000000480. The van der Waals surface area contributed by atoms with Crippen LogP contribution in [0.5, 0.6) is 0 Å². The summed E-state index contributed by atoms with van der Waals surface area (Å²) in [7, 11) is 0. The Bertz CT molecular complexity index is 10.0. The number of halogens is 1. The molecule has 2 heteroatoms. The quantitative estimate of drug-likeness (QED) is 0.603. The molecule has 0 aliphatic rings. The van der Waals surface area contributed by atoms with Gasteiger partial charge in [0.2, 0.25) is 0 Å². The lowest BCUT2D eigenvalue weighted by Crippen LogP contribution is -1.47. The molecule has 0 atom stereocenters. The summed E-state index contributed by atoms with van der Waals surface area (Å²) in [6.07, 6.45) is 2.64. The summed E-state index contributed by atoms with van der Waals surface area (Å²) >= 11 is 2.94. The smallest absolute Gasteiger partial charge is 0.00848 e. The minimum Gasteiger partial charge on any atom is -0.344 e. The number of hydrogen-bond acceptors (Lipinski definition) is 1. The summed E-state index contributed by atoms with van der Waals surface area (Å²) in [6, 6.07) is 0. The maximum Gasteiger partial charge on any atom is -0.00848 e. The third-order valence-electron chi connectivity index (χ3n) is 0.500. The minimum absolute atomic E-state index is 0. The standard InChI is InChI=1S/C4H10.CH3Br.H3N/c1-3-4-2;1-2;/h3-4H2,1-2H3;1H3;1H3. The summed E-state index contributed by atoms with van der Waals surface area (Å²) in [6.45, 7) is 4.36. The Labute approximate surface area is 55.2 Å². The topological polar surface area (TPSA) is 35.0 Å². The Morgan fingerprint density at radius 3 is 1.14 bits per heavy atom. The fourth-order valence-electron chi connectivity index (χ4n) is 0. The lowest BCUT2D eigenvalue weighted by molar-refractivity contribution is 0.886. The molecular weight excluding hydrogens is 154 g/mol. The van der Waals surface area contributed by atoms with Crippen molar-refractivity contribution >= 4 is 15.9 Å². The van der Waals surface area contributed by atoms with Gasteiger partial charge < -0.3 is 6.15 Å². The highest BCUT2D eigenvalue weighted by Gasteiger charge is 1.56. The SMILES string of the molecule is CBr.CCCC.N. The predicted molar refractivity (Wildman–Crippen MR) is 40.5 cm³/mol. The van der Waals surface area contributed by atoms with E-state index in [1.165, 1.54) is 12.8 Å². The van der Waals surface area contributed by atoms with Gasteiger partial charge in [0, 0.05) is 0 Å². The van der Waals surface area contributed by atoms with Crippen LogP contribution in [0.2, 0.25) is 0 Å². The molecule has 0 unspecified atom stereocenters. The van der Waals surface area contributed by atoms with E-state index in [9.17, 15) is 0 Å². The first-order valence-corrected chi connectivity index (χ1v) is 3.88. The van der Waals surface area contributed by atoms with Gasteiger partial charge in [0.15, 0.2) is 0 Å². The van der Waals surface area contributed by atoms with Gasteiger partial charge in [0.1, 0.15) is 0 Å². The molecule has 0 spiro atoms. The molecule has 48 valence electrons. The largest absolute Gasteiger partial charge is 0.344 e. The molecule has 0 heterocycles. The molecule has 0 aliphatic carbocycles. The van der Waals surface area contributed by atoms with Gasteiger partial charge in [-0.1, -0.05) is 42.6 Å². The van der Waals surface area contributed by atoms with E-state index in [0.29, 0.717) is 0 Å². The van der Waals surface area contributed by atoms with Gasteiger partial charge in [0.05, 0.1) is 0 Å². The van der Waals surface area contributed by atoms with Crippen LogP contribution >= 0.6 is 15.9 Å². The summed E-state index contributed by atoms with van der Waals surface area (Å²) in [4.78, 5) is 0. The van der Waals surface area contributed by atoms with Crippen molar-refractivity contribution in [3.63, 3.8) is 0 Å². The van der Waals surface area contributed by atoms with Crippen molar-refractivity contribution in [1.29, 1.82) is 0 Å². The second-order valence-corrected chi connectivity index (χ2v) is 1.000. The first-order valence-electron chi connectivity index (χ1n) is 2.29. The van der Waals surface area contributed by atoms with E-state index >= 15 is 0 Å². The van der Waals surface area contributed by atoms with Crippen LogP contribution in [-0.4, -0.2) is 5.83 Å². The third kappa shape index (κ3) is 61.2. The van der Waals surface area contributed by atoms with Crippen LogP contribution in [0.3, 0.4) is 0 Å². The van der Waals surface area contributed by atoms with Gasteiger partial charge in [-0.3, -0.25) is 0 Å². The minimum atomic E-state index is 0. The molecule has 0 fully saturated rings. The molecule has 7 heavy (non-hydrogen) atoms. The van der Waals surface area contributed by atoms with Gasteiger partial charge in [-0.15, -0.1) is 0 Å². The lowest BCUT2D eigenvalue weighted by atomic mass is 10.4. The zero-order chi connectivity index (χ0) is 5.41. The Hall–Kier alpha value is 0.440. The molecule has 0 saturated heterocycles. The molecule has 0 amide bonds. The van der Waals surface area contributed by atoms with Gasteiger partial charge in [-0.05, 0) is 5.83 Å². The first kappa shape index (κ1) is 15.7. The zero-order valence-electron chi connectivity index (χ0n) is 5.50. The summed E-state index contributed by atoms with van der Waals surface area (Å²) in [5.41, 5.74) is 0. The van der Waals surface area contributed by atoms with E-state index in [0.717, 1.165) is 0 Å². The molecule has 0 bridgehead atoms. The number of rotatable bonds is 1. The second kappa shape index (κ2) is 32.0. The fraction of sp³-hybridized carbons (Fsp3) is 1.00. The monoisotopic (exact) mass is 169 g/mol. The number of unbranched alkanes of at least 4 members (excludes halogenated alkanes) is 1. The van der Waals surface area contributed by atoms with Crippen molar-refractivity contribution in [2.45, 2.75) is 26.7 Å². The van der Waals surface area contributed by atoms with Crippen LogP contribution in [0.4, 0.5) is 0 Å². The van der Waals surface area contributed by atoms with E-state index < -0.39 is 0 Å². The highest BCUT2D eigenvalue weighted by Crippen LogP contribution is 1.76. The molecule has 0 aliphatic heterocycles. The molecule has 0 aromatic carbocycles. The van der Waals surface area contributed by atoms with E-state index in [-0.39, 0.29) is 6.15 Å². The Morgan fingerprint density at radius 1 is 1.00 bits per heavy atom. The molecule has 3 N–H and O–H groups in total. The Kier molecular flexibility index (Phi) is 71.6. The van der Waals surface area contributed by atoms with Crippen LogP contribution in [0.1, 0.15) is 26.7 Å². The molecule has 0 saturated carbocycles. The van der Waals surface area contributed by atoms with Gasteiger partial charge in [-0.25, -0.2) is 0 Å². The highest BCUT2D eigenvalue weighted by atomic mass is 79.9. The average Bonchev–Trinajstić information content (AvgIpc) is 1.72. The summed E-state index contributed by atoms with van der Waals surface area (Å²) in [5.74, 6) is 1.81. The van der Waals surface area contributed by atoms with Crippen LogP contribution in [0, 0.1) is 0 Å². The Morgan fingerprint density at radius 2 is 1.14 bits per heavy atom. The van der Waals surface area contributed by atoms with Crippen molar-refractivity contribution in [3.05, 3.63) is 0 Å². The maximum atomic E-state index is 2.94. The van der Waals surface area contributed by atoms with Crippen LogP contribution in [0.25, 0.3) is 0 Å². The van der Waals surface area contributed by atoms with Crippen LogP contribution in [-0.2, 0) is 0 Å². The van der Waals surface area contributed by atoms with Crippen LogP contribution < -0.4 is 6.15 Å². The van der Waals surface area contributed by atoms with Crippen molar-refractivity contribution in [1.82, 2.24) is 6.15 Å². The lowest BCUT2D eigenvalue weighted by Gasteiger charge is -1.68. The van der Waals surface area contributed by atoms with Crippen molar-refractivity contribution < 1.29 is 0 Å². The van der Waals surface area contributed by atoms with Crippen molar-refractivity contribution in [3.8, 4) is 0 Å². The van der Waals surface area contributed by atoms with E-state index in [2.05, 4.69) is 29.8 Å². The fourth-order valence-corrected chi connectivity index (χ4v) is 0. The van der Waals surface area contributed by atoms with Gasteiger partial charge in [0.25, 0.3) is 0 Å². The van der Waals surface area contributed by atoms with Crippen molar-refractivity contribution in [2.75, 3.05) is 5.83 Å². The van der Waals surface area contributed by atoms with Gasteiger partial charge in [-0.2, -0.15) is 0 Å². The van der Waals surface area contributed by atoms with E-state index in [1.54, 1.807) is 0 Å². The van der Waals surface area contributed by atoms with E-state index in [1.807, 2.05) is 5.83 Å². The molecule has 1 nitrogen and oxygen atoms in total. The molecule has 0 aromatic rings. The molecule has 0 radical (unpaired) electrons. The summed E-state index contributed by atoms with van der Waals surface area (Å²) in [5, 5.41) is 0. The first-order chi connectivity index (χ1) is 2.91. The number of alkyl halides is 1. The number of hydrogen-bond donors (Lipinski definition) is 1. The van der Waals surface area contributed by atoms with E-state index in [4.69, 9.17) is 0 Å². The highest BCUT2D eigenvalue weighted by molar-refractivity contribution is 9.08. The second-order valence-electron chi connectivity index (χ2n) is 1.000. The summed E-state index contributed by atoms with van der Waals surface area (Å²) < 4.78 is 0. The van der Waals surface area contributed by atoms with Crippen LogP contribution in [0.15, 0.2) is 0 Å². The predicted octanol–water partition coefficient (Wildman–Crippen LogP) is 2.98. The maximum absolute atomic E-state index is 2.94.